The maximum absolute atomic E-state index is 12.9. The van der Waals surface area contributed by atoms with E-state index in [-0.39, 0.29) is 24.1 Å². The van der Waals surface area contributed by atoms with Crippen LogP contribution in [0.25, 0.3) is 0 Å². The molecule has 0 bridgehead atoms. The molecule has 0 aliphatic heterocycles. The predicted molar refractivity (Wildman–Crippen MR) is 85.7 cm³/mol. The van der Waals surface area contributed by atoms with Gasteiger partial charge in [0.25, 0.3) is 0 Å². The van der Waals surface area contributed by atoms with E-state index in [2.05, 4.69) is 22.1 Å². The summed E-state index contributed by atoms with van der Waals surface area (Å²) in [4.78, 5) is 11.3. The zero-order valence-corrected chi connectivity index (χ0v) is 13.5. The highest BCUT2D eigenvalue weighted by Gasteiger charge is 2.13. The van der Waals surface area contributed by atoms with Crippen LogP contribution in [0.4, 0.5) is 4.39 Å². The van der Waals surface area contributed by atoms with Gasteiger partial charge in [0.1, 0.15) is 18.2 Å². The summed E-state index contributed by atoms with van der Waals surface area (Å²) >= 11 is 1.29. The molecule has 0 aliphatic rings. The number of benzene rings is 1. The van der Waals surface area contributed by atoms with Gasteiger partial charge in [0.05, 0.1) is 5.75 Å². The van der Waals surface area contributed by atoms with Crippen molar-refractivity contribution in [1.82, 2.24) is 20.1 Å². The van der Waals surface area contributed by atoms with Gasteiger partial charge in [0.2, 0.25) is 5.91 Å². The Labute approximate surface area is 137 Å². The first-order valence-corrected chi connectivity index (χ1v) is 7.87. The molecule has 122 valence electrons. The molecule has 1 heterocycles. The molecule has 6 nitrogen and oxygen atoms in total. The molecule has 0 fully saturated rings. The second kappa shape index (κ2) is 8.33. The van der Waals surface area contributed by atoms with Crippen LogP contribution in [0.15, 0.2) is 42.1 Å². The number of hydrogen-bond donors (Lipinski definition) is 1. The molecule has 8 heteroatoms. The largest absolute Gasteiger partial charge is 0.486 e. The molecule has 1 amide bonds. The van der Waals surface area contributed by atoms with Crippen molar-refractivity contribution in [3.05, 3.63) is 48.6 Å². The fourth-order valence-corrected chi connectivity index (χ4v) is 2.56. The Morgan fingerprint density at radius 1 is 1.43 bits per heavy atom. The number of amides is 1. The second-order valence-corrected chi connectivity index (χ2v) is 5.45. The van der Waals surface area contributed by atoms with Crippen LogP contribution >= 0.6 is 11.8 Å². The Balaban J connectivity index is 2.05. The lowest BCUT2D eigenvalue weighted by molar-refractivity contribution is -0.118. The first-order chi connectivity index (χ1) is 11.1. The molecule has 0 aliphatic carbocycles. The summed E-state index contributed by atoms with van der Waals surface area (Å²) < 4.78 is 20.3. The van der Waals surface area contributed by atoms with Gasteiger partial charge in [0, 0.05) is 13.6 Å². The third-order valence-electron chi connectivity index (χ3n) is 2.90. The van der Waals surface area contributed by atoms with Gasteiger partial charge >= 0.3 is 0 Å². The average Bonchev–Trinajstić information content (AvgIpc) is 2.94. The van der Waals surface area contributed by atoms with Crippen LogP contribution in [0, 0.1) is 5.82 Å². The van der Waals surface area contributed by atoms with Crippen molar-refractivity contribution < 1.29 is 13.9 Å². The number of ether oxygens (including phenoxy) is 1. The first kappa shape index (κ1) is 17.0. The zero-order chi connectivity index (χ0) is 16.7. The van der Waals surface area contributed by atoms with Gasteiger partial charge in [-0.3, -0.25) is 9.36 Å². The third kappa shape index (κ3) is 4.82. The number of nitrogens with one attached hydrogen (secondary N) is 1. The molecule has 1 aromatic heterocycles. The normalized spacial score (nSPS) is 10.3. The monoisotopic (exact) mass is 336 g/mol. The molecule has 1 N–H and O–H groups in total. The Morgan fingerprint density at radius 3 is 2.83 bits per heavy atom. The Bertz CT molecular complexity index is 673. The molecule has 2 rings (SSSR count). The van der Waals surface area contributed by atoms with E-state index in [1.54, 1.807) is 25.3 Å². The maximum Gasteiger partial charge on any atom is 0.230 e. The average molecular weight is 336 g/mol. The van der Waals surface area contributed by atoms with Gasteiger partial charge in [-0.25, -0.2) is 4.39 Å². The SMILES string of the molecule is C=CCn1c(COc2ccc(F)cc2)nnc1SCC(=O)NC. The van der Waals surface area contributed by atoms with Crippen molar-refractivity contribution in [3.8, 4) is 5.75 Å². The van der Waals surface area contributed by atoms with Crippen molar-refractivity contribution in [3.63, 3.8) is 0 Å². The van der Waals surface area contributed by atoms with E-state index >= 15 is 0 Å². The van der Waals surface area contributed by atoms with E-state index in [0.717, 1.165) is 0 Å². The second-order valence-electron chi connectivity index (χ2n) is 4.50. The Kier molecular flexibility index (Phi) is 6.16. The number of carbonyl (C=O) groups is 1. The van der Waals surface area contributed by atoms with Crippen molar-refractivity contribution in [1.29, 1.82) is 0 Å². The fourth-order valence-electron chi connectivity index (χ4n) is 1.73. The Hall–Kier alpha value is -2.35. The minimum Gasteiger partial charge on any atom is -0.486 e. The number of carbonyl (C=O) groups excluding carboxylic acids is 1. The summed E-state index contributed by atoms with van der Waals surface area (Å²) in [5.41, 5.74) is 0. The van der Waals surface area contributed by atoms with Crippen LogP contribution in [0.3, 0.4) is 0 Å². The number of allylic oxidation sites excluding steroid dienone is 1. The first-order valence-electron chi connectivity index (χ1n) is 6.88. The smallest absolute Gasteiger partial charge is 0.230 e. The summed E-state index contributed by atoms with van der Waals surface area (Å²) in [6, 6.07) is 5.75. The number of thioether (sulfide) groups is 1. The molecule has 1 aromatic carbocycles. The maximum atomic E-state index is 12.9. The number of nitrogens with zero attached hydrogens (tertiary/aromatic N) is 3. The van der Waals surface area contributed by atoms with Crippen molar-refractivity contribution in [2.75, 3.05) is 12.8 Å². The van der Waals surface area contributed by atoms with Crippen LogP contribution in [-0.4, -0.2) is 33.5 Å². The van der Waals surface area contributed by atoms with E-state index in [1.165, 1.54) is 23.9 Å². The molecule has 0 atom stereocenters. The Morgan fingerprint density at radius 2 is 2.17 bits per heavy atom. The predicted octanol–water partition coefficient (Wildman–Crippen LogP) is 2.02. The lowest BCUT2D eigenvalue weighted by Crippen LogP contribution is -2.20. The lowest BCUT2D eigenvalue weighted by atomic mass is 10.3. The van der Waals surface area contributed by atoms with E-state index in [0.29, 0.717) is 23.3 Å². The van der Waals surface area contributed by atoms with Crippen molar-refractivity contribution in [2.24, 2.45) is 0 Å². The molecule has 0 saturated heterocycles. The number of hydrogen-bond acceptors (Lipinski definition) is 5. The van der Waals surface area contributed by atoms with Crippen LogP contribution in [0.2, 0.25) is 0 Å². The van der Waals surface area contributed by atoms with Gasteiger partial charge in [-0.2, -0.15) is 0 Å². The van der Waals surface area contributed by atoms with Crippen LogP contribution in [-0.2, 0) is 17.9 Å². The minimum absolute atomic E-state index is 0.0905. The molecular weight excluding hydrogens is 319 g/mol. The minimum atomic E-state index is -0.319. The van der Waals surface area contributed by atoms with E-state index in [4.69, 9.17) is 4.74 Å². The van der Waals surface area contributed by atoms with E-state index in [1.807, 2.05) is 4.57 Å². The zero-order valence-electron chi connectivity index (χ0n) is 12.7. The van der Waals surface area contributed by atoms with Gasteiger partial charge < -0.3 is 10.1 Å². The summed E-state index contributed by atoms with van der Waals surface area (Å²) in [5.74, 6) is 0.991. The summed E-state index contributed by atoms with van der Waals surface area (Å²) in [5, 5.41) is 11.3. The molecule has 0 radical (unpaired) electrons. The van der Waals surface area contributed by atoms with Crippen molar-refractivity contribution >= 4 is 17.7 Å². The van der Waals surface area contributed by atoms with Gasteiger partial charge in [-0.1, -0.05) is 17.8 Å². The van der Waals surface area contributed by atoms with E-state index in [9.17, 15) is 9.18 Å². The van der Waals surface area contributed by atoms with Crippen LogP contribution in [0.5, 0.6) is 5.75 Å². The van der Waals surface area contributed by atoms with Crippen molar-refractivity contribution in [2.45, 2.75) is 18.3 Å². The summed E-state index contributed by atoms with van der Waals surface area (Å²) in [6.07, 6.45) is 1.72. The highest BCUT2D eigenvalue weighted by Crippen LogP contribution is 2.19. The highest BCUT2D eigenvalue weighted by molar-refractivity contribution is 7.99. The fraction of sp³-hybridized carbons (Fsp3) is 0.267. The number of halogens is 1. The quantitative estimate of drug-likeness (QED) is 0.590. The summed E-state index contributed by atoms with van der Waals surface area (Å²) in [7, 11) is 1.58. The number of rotatable bonds is 8. The standard InChI is InChI=1S/C15H17FN4O2S/c1-3-8-20-13(9-22-12-6-4-11(16)5-7-12)18-19-15(20)23-10-14(21)17-2/h3-7H,1,8-10H2,2H3,(H,17,21). The number of aromatic nitrogens is 3. The van der Waals surface area contributed by atoms with Gasteiger partial charge in [-0.05, 0) is 24.3 Å². The molecule has 2 aromatic rings. The van der Waals surface area contributed by atoms with Gasteiger partial charge in [-0.15, -0.1) is 16.8 Å². The topological polar surface area (TPSA) is 69.0 Å². The molecule has 23 heavy (non-hydrogen) atoms. The summed E-state index contributed by atoms with van der Waals surface area (Å²) in [6.45, 7) is 4.40. The van der Waals surface area contributed by atoms with E-state index < -0.39 is 0 Å². The molecular formula is C15H17FN4O2S. The highest BCUT2D eigenvalue weighted by atomic mass is 32.2. The molecule has 0 saturated carbocycles. The molecule has 0 unspecified atom stereocenters. The molecule has 0 spiro atoms. The lowest BCUT2D eigenvalue weighted by Gasteiger charge is -2.09. The van der Waals surface area contributed by atoms with Gasteiger partial charge in [0.15, 0.2) is 11.0 Å². The van der Waals surface area contributed by atoms with Crippen LogP contribution < -0.4 is 10.1 Å². The van der Waals surface area contributed by atoms with Crippen LogP contribution in [0.1, 0.15) is 5.82 Å². The third-order valence-corrected chi connectivity index (χ3v) is 3.86.